The number of nitrogens with two attached hydrogens (primary N) is 1. The number of primary sulfonamides is 1. The smallest absolute Gasteiger partial charge is 0.247 e. The molecule has 0 aliphatic carbocycles. The Labute approximate surface area is 171 Å². The molecule has 0 saturated carbocycles. The summed E-state index contributed by atoms with van der Waals surface area (Å²) < 4.78 is 23.1. The van der Waals surface area contributed by atoms with Crippen LogP contribution >= 0.6 is 11.3 Å². The third-order valence-electron chi connectivity index (χ3n) is 5.07. The van der Waals surface area contributed by atoms with Crippen molar-refractivity contribution in [3.8, 4) is 0 Å². The molecule has 3 rings (SSSR count). The second kappa shape index (κ2) is 9.07. The maximum atomic E-state index is 11.4. The predicted molar refractivity (Wildman–Crippen MR) is 115 cm³/mol. The number of thiophene rings is 1. The molecule has 3 N–H and O–H groups in total. The first kappa shape index (κ1) is 20.8. The Hall–Kier alpha value is -1.90. The van der Waals surface area contributed by atoms with Gasteiger partial charge in [0.15, 0.2) is 5.96 Å². The Morgan fingerprint density at radius 1 is 1.29 bits per heavy atom. The van der Waals surface area contributed by atoms with Crippen molar-refractivity contribution in [2.75, 3.05) is 19.6 Å². The van der Waals surface area contributed by atoms with E-state index in [4.69, 9.17) is 10.1 Å². The molecule has 2 atom stereocenters. The number of rotatable bonds is 5. The van der Waals surface area contributed by atoms with Gasteiger partial charge in [0, 0.05) is 24.5 Å². The van der Waals surface area contributed by atoms with Crippen LogP contribution in [0.2, 0.25) is 0 Å². The summed E-state index contributed by atoms with van der Waals surface area (Å²) in [6.45, 7) is 7.47. The van der Waals surface area contributed by atoms with Gasteiger partial charge in [0.05, 0.1) is 6.54 Å². The van der Waals surface area contributed by atoms with Gasteiger partial charge in [0.2, 0.25) is 10.0 Å². The van der Waals surface area contributed by atoms with Crippen LogP contribution in [0.25, 0.3) is 0 Å². The third-order valence-corrected chi connectivity index (χ3v) is 7.58. The van der Waals surface area contributed by atoms with Gasteiger partial charge >= 0.3 is 0 Å². The highest BCUT2D eigenvalue weighted by atomic mass is 32.2. The van der Waals surface area contributed by atoms with Crippen molar-refractivity contribution in [1.82, 2.24) is 10.2 Å². The van der Waals surface area contributed by atoms with Crippen LogP contribution in [-0.2, 0) is 16.6 Å². The summed E-state index contributed by atoms with van der Waals surface area (Å²) in [6, 6.07) is 14.0. The van der Waals surface area contributed by atoms with Gasteiger partial charge in [-0.25, -0.2) is 18.5 Å². The van der Waals surface area contributed by atoms with Crippen LogP contribution in [0.3, 0.4) is 0 Å². The largest absolute Gasteiger partial charge is 0.357 e. The SMILES string of the molecule is CCNC(=NCc1ccc(S(N)(=O)=O)s1)N1CCC(c2ccccc2)C(C)C1. The van der Waals surface area contributed by atoms with E-state index in [0.29, 0.717) is 18.4 Å². The van der Waals surface area contributed by atoms with Gasteiger partial charge in [-0.1, -0.05) is 37.3 Å². The first-order valence-electron chi connectivity index (χ1n) is 9.58. The summed E-state index contributed by atoms with van der Waals surface area (Å²) >= 11 is 1.18. The molecule has 1 saturated heterocycles. The standard InChI is InChI=1S/C20H28N4O2S2/c1-3-22-20(23-13-17-9-10-19(27-17)28(21,25)26)24-12-11-18(15(2)14-24)16-7-5-4-6-8-16/h4-10,15,18H,3,11-14H2,1-2H3,(H,22,23)(H2,21,25,26). The summed E-state index contributed by atoms with van der Waals surface area (Å²) in [5, 5.41) is 8.57. The Bertz CT molecular complexity index is 909. The fraction of sp³-hybridized carbons (Fsp3) is 0.450. The van der Waals surface area contributed by atoms with E-state index in [2.05, 4.69) is 54.4 Å². The van der Waals surface area contributed by atoms with Crippen molar-refractivity contribution >= 4 is 27.3 Å². The minimum Gasteiger partial charge on any atom is -0.357 e. The summed E-state index contributed by atoms with van der Waals surface area (Å²) in [5.41, 5.74) is 1.41. The summed E-state index contributed by atoms with van der Waals surface area (Å²) in [4.78, 5) is 7.93. The number of aliphatic imine (C=N–C) groups is 1. The van der Waals surface area contributed by atoms with Gasteiger partial charge < -0.3 is 10.2 Å². The molecule has 1 aliphatic rings. The zero-order valence-corrected chi connectivity index (χ0v) is 18.0. The molecule has 2 unspecified atom stereocenters. The quantitative estimate of drug-likeness (QED) is 0.575. The highest BCUT2D eigenvalue weighted by Gasteiger charge is 2.28. The molecule has 1 aromatic carbocycles. The van der Waals surface area contributed by atoms with Gasteiger partial charge in [0.25, 0.3) is 0 Å². The lowest BCUT2D eigenvalue weighted by molar-refractivity contribution is 0.234. The number of piperidine rings is 1. The zero-order chi connectivity index (χ0) is 20.1. The average molecular weight is 421 g/mol. The molecule has 0 spiro atoms. The van der Waals surface area contributed by atoms with Gasteiger partial charge in [0.1, 0.15) is 4.21 Å². The van der Waals surface area contributed by atoms with E-state index in [1.807, 2.05) is 0 Å². The lowest BCUT2D eigenvalue weighted by Gasteiger charge is -2.39. The van der Waals surface area contributed by atoms with E-state index in [1.54, 1.807) is 12.1 Å². The molecule has 6 nitrogen and oxygen atoms in total. The molecule has 0 radical (unpaired) electrons. The molecular formula is C20H28N4O2S2. The molecule has 8 heteroatoms. The maximum absolute atomic E-state index is 11.4. The van der Waals surface area contributed by atoms with Crippen LogP contribution < -0.4 is 10.5 Å². The van der Waals surface area contributed by atoms with Crippen molar-refractivity contribution in [2.45, 2.75) is 36.9 Å². The molecule has 1 aliphatic heterocycles. The van der Waals surface area contributed by atoms with E-state index in [-0.39, 0.29) is 4.21 Å². The summed E-state index contributed by atoms with van der Waals surface area (Å²) in [7, 11) is -3.65. The van der Waals surface area contributed by atoms with Crippen LogP contribution in [0.5, 0.6) is 0 Å². The number of hydrogen-bond donors (Lipinski definition) is 2. The fourth-order valence-corrected chi connectivity index (χ4v) is 5.41. The van der Waals surface area contributed by atoms with E-state index in [0.717, 1.165) is 36.9 Å². The molecule has 0 bridgehead atoms. The molecule has 28 heavy (non-hydrogen) atoms. The number of sulfonamides is 1. The molecule has 1 aromatic heterocycles. The first-order valence-corrected chi connectivity index (χ1v) is 11.9. The van der Waals surface area contributed by atoms with Gasteiger partial charge in [-0.3, -0.25) is 0 Å². The van der Waals surface area contributed by atoms with Crippen LogP contribution in [0, 0.1) is 5.92 Å². The van der Waals surface area contributed by atoms with Gasteiger partial charge in [-0.15, -0.1) is 11.3 Å². The number of hydrogen-bond acceptors (Lipinski definition) is 4. The predicted octanol–water partition coefficient (Wildman–Crippen LogP) is 2.99. The molecule has 2 aromatic rings. The first-order chi connectivity index (χ1) is 13.4. The molecule has 2 heterocycles. The van der Waals surface area contributed by atoms with Gasteiger partial charge in [-0.05, 0) is 42.9 Å². The Morgan fingerprint density at radius 2 is 2.04 bits per heavy atom. The second-order valence-corrected chi connectivity index (χ2v) is 10.1. The highest BCUT2D eigenvalue weighted by molar-refractivity contribution is 7.91. The van der Waals surface area contributed by atoms with Crippen LogP contribution in [-0.4, -0.2) is 38.9 Å². The van der Waals surface area contributed by atoms with Gasteiger partial charge in [-0.2, -0.15) is 0 Å². The molecule has 0 amide bonds. The highest BCUT2D eigenvalue weighted by Crippen LogP contribution is 2.32. The number of likely N-dealkylation sites (tertiary alicyclic amines) is 1. The normalized spacial score (nSPS) is 21.0. The minimum atomic E-state index is -3.65. The number of nitrogens with one attached hydrogen (secondary N) is 1. The van der Waals surface area contributed by atoms with Crippen LogP contribution in [0.1, 0.15) is 36.6 Å². The average Bonchev–Trinajstić information content (AvgIpc) is 3.15. The summed E-state index contributed by atoms with van der Waals surface area (Å²) in [5.74, 6) is 1.97. The zero-order valence-electron chi connectivity index (χ0n) is 16.3. The van der Waals surface area contributed by atoms with Crippen molar-refractivity contribution in [3.63, 3.8) is 0 Å². The van der Waals surface area contributed by atoms with Crippen LogP contribution in [0.15, 0.2) is 51.7 Å². The minimum absolute atomic E-state index is 0.181. The maximum Gasteiger partial charge on any atom is 0.247 e. The van der Waals surface area contributed by atoms with Crippen LogP contribution in [0.4, 0.5) is 0 Å². The number of nitrogens with zero attached hydrogens (tertiary/aromatic N) is 2. The van der Waals surface area contributed by atoms with E-state index < -0.39 is 10.0 Å². The fourth-order valence-electron chi connectivity index (χ4n) is 3.71. The monoisotopic (exact) mass is 420 g/mol. The molecule has 1 fully saturated rings. The Kier molecular flexibility index (Phi) is 6.74. The van der Waals surface area contributed by atoms with Crippen molar-refractivity contribution in [2.24, 2.45) is 16.0 Å². The lowest BCUT2D eigenvalue weighted by Crippen LogP contribution is -2.48. The Morgan fingerprint density at radius 3 is 2.64 bits per heavy atom. The number of benzene rings is 1. The Balaban J connectivity index is 1.69. The van der Waals surface area contributed by atoms with Crippen molar-refractivity contribution in [3.05, 3.63) is 52.9 Å². The van der Waals surface area contributed by atoms with E-state index in [1.165, 1.54) is 16.9 Å². The molecule has 152 valence electrons. The topological polar surface area (TPSA) is 87.8 Å². The van der Waals surface area contributed by atoms with Crippen molar-refractivity contribution < 1.29 is 8.42 Å². The molecular weight excluding hydrogens is 392 g/mol. The van der Waals surface area contributed by atoms with Crippen molar-refractivity contribution in [1.29, 1.82) is 0 Å². The third kappa shape index (κ3) is 5.12. The van der Waals surface area contributed by atoms with E-state index in [9.17, 15) is 8.42 Å². The lowest BCUT2D eigenvalue weighted by atomic mass is 9.82. The second-order valence-electron chi connectivity index (χ2n) is 7.17. The summed E-state index contributed by atoms with van der Waals surface area (Å²) in [6.07, 6.45) is 1.09. The number of guanidine groups is 1. The van der Waals surface area contributed by atoms with E-state index >= 15 is 0 Å².